The summed E-state index contributed by atoms with van der Waals surface area (Å²) in [5.41, 5.74) is 2.08. The molecule has 0 aliphatic rings. The van der Waals surface area contributed by atoms with Gasteiger partial charge in [-0.1, -0.05) is 46.1 Å². The Morgan fingerprint density at radius 1 is 1.04 bits per heavy atom. The SMILES string of the molecule is CCCCc1cc(O)ccc1C(CCCC)(CCCC)OC(C)=S. The van der Waals surface area contributed by atoms with Gasteiger partial charge in [-0.25, -0.2) is 0 Å². The molecule has 0 atom stereocenters. The monoisotopic (exact) mass is 350 g/mol. The zero-order valence-electron chi connectivity index (χ0n) is 15.9. The first-order valence-corrected chi connectivity index (χ1v) is 9.91. The number of phenolic OH excluding ortho intramolecular Hbond substituents is 1. The first-order valence-electron chi connectivity index (χ1n) is 9.51. The molecule has 2 nitrogen and oxygen atoms in total. The van der Waals surface area contributed by atoms with E-state index in [1.165, 1.54) is 11.1 Å². The number of thiocarbonyl (C=S) groups is 1. The molecular weight excluding hydrogens is 316 g/mol. The molecule has 0 unspecified atom stereocenters. The van der Waals surface area contributed by atoms with Gasteiger partial charge in [0.25, 0.3) is 0 Å². The van der Waals surface area contributed by atoms with Crippen LogP contribution >= 0.6 is 12.2 Å². The van der Waals surface area contributed by atoms with Crippen LogP contribution in [0.1, 0.15) is 90.2 Å². The number of rotatable bonds is 11. The number of hydrogen-bond acceptors (Lipinski definition) is 3. The molecule has 0 heterocycles. The molecule has 1 N–H and O–H groups in total. The molecule has 1 rings (SSSR count). The first-order chi connectivity index (χ1) is 11.5. The van der Waals surface area contributed by atoms with E-state index in [-0.39, 0.29) is 5.60 Å². The van der Waals surface area contributed by atoms with E-state index in [1.807, 2.05) is 13.0 Å². The lowest BCUT2D eigenvalue weighted by atomic mass is 9.80. The van der Waals surface area contributed by atoms with Crippen molar-refractivity contribution in [1.29, 1.82) is 0 Å². The molecule has 0 saturated carbocycles. The third-order valence-corrected chi connectivity index (χ3v) is 4.67. The number of ether oxygens (including phenoxy) is 1. The number of aryl methyl sites for hydroxylation is 1. The highest BCUT2D eigenvalue weighted by Crippen LogP contribution is 2.40. The predicted octanol–water partition coefficient (Wildman–Crippen LogP) is 6.67. The molecule has 0 bridgehead atoms. The normalized spacial score (nSPS) is 11.5. The summed E-state index contributed by atoms with van der Waals surface area (Å²) >= 11 is 5.33. The van der Waals surface area contributed by atoms with Crippen molar-refractivity contribution in [3.63, 3.8) is 0 Å². The van der Waals surface area contributed by atoms with E-state index >= 15 is 0 Å². The fourth-order valence-electron chi connectivity index (χ4n) is 3.35. The second-order valence-electron chi connectivity index (χ2n) is 6.74. The van der Waals surface area contributed by atoms with Crippen LogP contribution in [-0.4, -0.2) is 10.2 Å². The highest BCUT2D eigenvalue weighted by molar-refractivity contribution is 7.80. The predicted molar refractivity (Wildman–Crippen MR) is 107 cm³/mol. The maximum absolute atomic E-state index is 9.97. The lowest BCUT2D eigenvalue weighted by Crippen LogP contribution is -2.33. The maximum Gasteiger partial charge on any atom is 0.157 e. The Kier molecular flexibility index (Phi) is 9.35. The fourth-order valence-corrected chi connectivity index (χ4v) is 3.51. The van der Waals surface area contributed by atoms with Crippen molar-refractivity contribution in [2.75, 3.05) is 0 Å². The van der Waals surface area contributed by atoms with Crippen LogP contribution in [0, 0.1) is 0 Å². The van der Waals surface area contributed by atoms with Gasteiger partial charge < -0.3 is 9.84 Å². The summed E-state index contributed by atoms with van der Waals surface area (Å²) in [7, 11) is 0. The molecule has 3 heteroatoms. The zero-order chi connectivity index (χ0) is 18.0. The molecule has 0 aliphatic heterocycles. The van der Waals surface area contributed by atoms with Gasteiger partial charge in [-0.05, 0) is 74.0 Å². The van der Waals surface area contributed by atoms with Gasteiger partial charge in [0.05, 0.1) is 0 Å². The minimum atomic E-state index is -0.353. The average Bonchev–Trinajstić information content (AvgIpc) is 2.55. The smallest absolute Gasteiger partial charge is 0.157 e. The van der Waals surface area contributed by atoms with Crippen molar-refractivity contribution < 1.29 is 9.84 Å². The Balaban J connectivity index is 3.35. The molecule has 0 saturated heterocycles. The Hall–Kier alpha value is -1.09. The van der Waals surface area contributed by atoms with Crippen LogP contribution in [-0.2, 0) is 16.8 Å². The van der Waals surface area contributed by atoms with Crippen LogP contribution in [0.25, 0.3) is 0 Å². The van der Waals surface area contributed by atoms with Gasteiger partial charge in [-0.2, -0.15) is 0 Å². The van der Waals surface area contributed by atoms with Crippen molar-refractivity contribution in [2.45, 2.75) is 91.1 Å². The molecule has 1 aromatic carbocycles. The summed E-state index contributed by atoms with van der Waals surface area (Å²) in [6.45, 7) is 8.49. The number of unbranched alkanes of at least 4 members (excludes halogenated alkanes) is 3. The molecule has 0 aliphatic carbocycles. The standard InChI is InChI=1S/C21H34O2S/c1-5-8-11-18-16-19(22)12-13-20(18)21(14-9-6-2,15-10-7-3)23-17(4)24/h12-13,16,22H,5-11,14-15H2,1-4H3. The van der Waals surface area contributed by atoms with E-state index < -0.39 is 0 Å². The summed E-state index contributed by atoms with van der Waals surface area (Å²) in [5, 5.41) is 10.6. The van der Waals surface area contributed by atoms with Gasteiger partial charge in [0.2, 0.25) is 0 Å². The summed E-state index contributed by atoms with van der Waals surface area (Å²) in [5.74, 6) is 0.337. The number of phenols is 1. The van der Waals surface area contributed by atoms with Crippen LogP contribution < -0.4 is 0 Å². The molecule has 0 fully saturated rings. The van der Waals surface area contributed by atoms with Crippen molar-refractivity contribution >= 4 is 17.3 Å². The second-order valence-corrected chi connectivity index (χ2v) is 7.31. The van der Waals surface area contributed by atoms with E-state index in [2.05, 4.69) is 26.8 Å². The van der Waals surface area contributed by atoms with Crippen molar-refractivity contribution in [2.24, 2.45) is 0 Å². The van der Waals surface area contributed by atoms with E-state index in [4.69, 9.17) is 17.0 Å². The van der Waals surface area contributed by atoms with Gasteiger partial charge in [0, 0.05) is 6.92 Å². The van der Waals surface area contributed by atoms with Crippen molar-refractivity contribution in [1.82, 2.24) is 0 Å². The van der Waals surface area contributed by atoms with Crippen molar-refractivity contribution in [3.8, 4) is 5.75 Å². The van der Waals surface area contributed by atoms with E-state index in [0.717, 1.165) is 57.8 Å². The minimum Gasteiger partial charge on any atom is -0.508 e. The third-order valence-electron chi connectivity index (χ3n) is 4.59. The molecule has 0 amide bonds. The molecule has 0 aromatic heterocycles. The Morgan fingerprint density at radius 3 is 2.12 bits per heavy atom. The van der Waals surface area contributed by atoms with E-state index in [9.17, 15) is 5.11 Å². The minimum absolute atomic E-state index is 0.337. The zero-order valence-corrected chi connectivity index (χ0v) is 16.7. The van der Waals surface area contributed by atoms with Crippen molar-refractivity contribution in [3.05, 3.63) is 29.3 Å². The number of benzene rings is 1. The van der Waals surface area contributed by atoms with Gasteiger partial charge in [0.15, 0.2) is 5.05 Å². The first kappa shape index (κ1) is 21.0. The summed E-state index contributed by atoms with van der Waals surface area (Å²) < 4.78 is 6.34. The summed E-state index contributed by atoms with van der Waals surface area (Å²) in [6.07, 6.45) is 9.67. The summed E-state index contributed by atoms with van der Waals surface area (Å²) in [4.78, 5) is 0. The van der Waals surface area contributed by atoms with Gasteiger partial charge in [-0.3, -0.25) is 0 Å². The number of hydrogen-bond donors (Lipinski definition) is 1. The lowest BCUT2D eigenvalue weighted by molar-refractivity contribution is 0.0311. The quantitative estimate of drug-likeness (QED) is 0.452. The van der Waals surface area contributed by atoms with Crippen LogP contribution in [0.2, 0.25) is 0 Å². The van der Waals surface area contributed by atoms with Crippen LogP contribution in [0.15, 0.2) is 18.2 Å². The topological polar surface area (TPSA) is 29.5 Å². The molecule has 0 radical (unpaired) electrons. The Labute approximate surface area is 153 Å². The molecule has 0 spiro atoms. The van der Waals surface area contributed by atoms with Crippen LogP contribution in [0.5, 0.6) is 5.75 Å². The molecular formula is C21H34O2S. The molecule has 24 heavy (non-hydrogen) atoms. The Morgan fingerprint density at radius 2 is 1.62 bits per heavy atom. The highest BCUT2D eigenvalue weighted by atomic mass is 32.1. The molecule has 1 aromatic rings. The van der Waals surface area contributed by atoms with E-state index in [1.54, 1.807) is 6.07 Å². The van der Waals surface area contributed by atoms with Crippen LogP contribution in [0.3, 0.4) is 0 Å². The van der Waals surface area contributed by atoms with Gasteiger partial charge >= 0.3 is 0 Å². The van der Waals surface area contributed by atoms with Gasteiger partial charge in [-0.15, -0.1) is 0 Å². The Bertz CT molecular complexity index is 503. The van der Waals surface area contributed by atoms with Crippen LogP contribution in [0.4, 0.5) is 0 Å². The highest BCUT2D eigenvalue weighted by Gasteiger charge is 2.35. The van der Waals surface area contributed by atoms with Gasteiger partial charge in [0.1, 0.15) is 11.4 Å². The number of aromatic hydroxyl groups is 1. The average molecular weight is 351 g/mol. The summed E-state index contributed by atoms with van der Waals surface area (Å²) in [6, 6.07) is 5.77. The molecule has 136 valence electrons. The largest absolute Gasteiger partial charge is 0.508 e. The van der Waals surface area contributed by atoms with E-state index in [0.29, 0.717) is 10.8 Å². The lowest BCUT2D eigenvalue weighted by Gasteiger charge is -2.36. The maximum atomic E-state index is 9.97. The fraction of sp³-hybridized carbons (Fsp3) is 0.667. The third kappa shape index (κ3) is 6.08. The second kappa shape index (κ2) is 10.7.